The van der Waals surface area contributed by atoms with Crippen LogP contribution in [0.5, 0.6) is 0 Å². The molecule has 0 spiro atoms. The third-order valence-corrected chi connectivity index (χ3v) is 3.43. The van der Waals surface area contributed by atoms with Gasteiger partial charge < -0.3 is 5.32 Å². The van der Waals surface area contributed by atoms with E-state index in [9.17, 15) is 0 Å². The van der Waals surface area contributed by atoms with Crippen LogP contribution < -0.4 is 5.32 Å². The minimum Gasteiger partial charge on any atom is -0.364 e. The van der Waals surface area contributed by atoms with Crippen molar-refractivity contribution in [3.05, 3.63) is 77.4 Å². The zero-order valence-corrected chi connectivity index (χ0v) is 12.1. The molecule has 1 aromatic heterocycles. The van der Waals surface area contributed by atoms with E-state index in [2.05, 4.69) is 27.6 Å². The number of hydrogen-bond donors (Lipinski definition) is 1. The van der Waals surface area contributed by atoms with E-state index in [1.165, 1.54) is 5.56 Å². The van der Waals surface area contributed by atoms with Gasteiger partial charge in [-0.05, 0) is 17.2 Å². The molecule has 1 N–H and O–H groups in total. The molecule has 3 nitrogen and oxygen atoms in total. The number of hydrogen-bond acceptors (Lipinski definition) is 3. The minimum atomic E-state index is 0.409. The van der Waals surface area contributed by atoms with Crippen LogP contribution in [0, 0.1) is 0 Å². The predicted molar refractivity (Wildman–Crippen MR) is 86.2 cm³/mol. The van der Waals surface area contributed by atoms with Crippen molar-refractivity contribution in [2.45, 2.75) is 6.54 Å². The molecule has 3 rings (SSSR count). The normalized spacial score (nSPS) is 10.3. The quantitative estimate of drug-likeness (QED) is 0.775. The number of benzene rings is 2. The first-order valence-electron chi connectivity index (χ1n) is 6.69. The molecule has 1 heterocycles. The number of halogens is 1. The highest BCUT2D eigenvalue weighted by molar-refractivity contribution is 6.32. The molecule has 0 unspecified atom stereocenters. The Bertz CT molecular complexity index is 715. The van der Waals surface area contributed by atoms with Crippen molar-refractivity contribution in [1.29, 1.82) is 0 Å². The van der Waals surface area contributed by atoms with E-state index in [0.29, 0.717) is 17.5 Å². The molecule has 2 aromatic carbocycles. The first-order chi connectivity index (χ1) is 10.3. The molecule has 21 heavy (non-hydrogen) atoms. The molecule has 0 aliphatic heterocycles. The number of nitrogens with zero attached hydrogens (tertiary/aromatic N) is 2. The van der Waals surface area contributed by atoms with Crippen LogP contribution in [-0.2, 0) is 6.54 Å². The minimum absolute atomic E-state index is 0.409. The lowest BCUT2D eigenvalue weighted by Crippen LogP contribution is -2.02. The maximum atomic E-state index is 6.15. The summed E-state index contributed by atoms with van der Waals surface area (Å²) in [5.41, 5.74) is 3.10. The molecule has 0 aliphatic rings. The van der Waals surface area contributed by atoms with Gasteiger partial charge in [0.2, 0.25) is 0 Å². The number of anilines is 1. The fraction of sp³-hybridized carbons (Fsp3) is 0.0588. The topological polar surface area (TPSA) is 37.8 Å². The molecule has 0 saturated heterocycles. The predicted octanol–water partition coefficient (Wildman–Crippen LogP) is 4.41. The average molecular weight is 296 g/mol. The zero-order valence-electron chi connectivity index (χ0n) is 11.3. The van der Waals surface area contributed by atoms with E-state index in [1.807, 2.05) is 54.6 Å². The van der Waals surface area contributed by atoms with Gasteiger partial charge in [-0.25, -0.2) is 0 Å². The summed E-state index contributed by atoms with van der Waals surface area (Å²) < 4.78 is 0. The SMILES string of the molecule is Clc1nnc(NCc2ccccc2)cc1-c1ccccc1. The largest absolute Gasteiger partial charge is 0.364 e. The molecule has 0 atom stereocenters. The maximum absolute atomic E-state index is 6.15. The van der Waals surface area contributed by atoms with Gasteiger partial charge in [0.05, 0.1) is 0 Å². The number of aromatic nitrogens is 2. The van der Waals surface area contributed by atoms with Crippen molar-refractivity contribution in [1.82, 2.24) is 10.2 Å². The summed E-state index contributed by atoms with van der Waals surface area (Å²) in [6, 6.07) is 22.0. The average Bonchev–Trinajstić information content (AvgIpc) is 2.56. The van der Waals surface area contributed by atoms with Crippen LogP contribution in [0.15, 0.2) is 66.7 Å². The Labute approximate surface area is 128 Å². The molecule has 3 aromatic rings. The molecule has 0 aliphatic carbocycles. The summed E-state index contributed by atoms with van der Waals surface area (Å²) in [6.45, 7) is 0.700. The van der Waals surface area contributed by atoms with E-state index in [4.69, 9.17) is 11.6 Å². The third kappa shape index (κ3) is 3.38. The highest BCUT2D eigenvalue weighted by Gasteiger charge is 2.07. The fourth-order valence-electron chi connectivity index (χ4n) is 2.07. The van der Waals surface area contributed by atoms with Crippen LogP contribution in [0.2, 0.25) is 5.15 Å². The summed E-state index contributed by atoms with van der Waals surface area (Å²) in [5.74, 6) is 0.710. The third-order valence-electron chi connectivity index (χ3n) is 3.15. The van der Waals surface area contributed by atoms with Gasteiger partial charge in [0.1, 0.15) is 5.82 Å². The Hall–Kier alpha value is -2.39. The molecular formula is C17H14ClN3. The van der Waals surface area contributed by atoms with Crippen LogP contribution in [-0.4, -0.2) is 10.2 Å². The van der Waals surface area contributed by atoms with Crippen molar-refractivity contribution in [3.8, 4) is 11.1 Å². The molecule has 0 bridgehead atoms. The van der Waals surface area contributed by atoms with Crippen LogP contribution >= 0.6 is 11.6 Å². The van der Waals surface area contributed by atoms with Crippen LogP contribution in [0.25, 0.3) is 11.1 Å². The fourth-order valence-corrected chi connectivity index (χ4v) is 2.27. The maximum Gasteiger partial charge on any atom is 0.159 e. The highest BCUT2D eigenvalue weighted by Crippen LogP contribution is 2.27. The van der Waals surface area contributed by atoms with Gasteiger partial charge in [0.15, 0.2) is 5.15 Å². The van der Waals surface area contributed by atoms with Gasteiger partial charge in [-0.3, -0.25) is 0 Å². The van der Waals surface area contributed by atoms with Crippen molar-refractivity contribution in [2.75, 3.05) is 5.32 Å². The summed E-state index contributed by atoms with van der Waals surface area (Å²) in [7, 11) is 0. The van der Waals surface area contributed by atoms with Gasteiger partial charge in [0, 0.05) is 12.1 Å². The molecule has 0 saturated carbocycles. The van der Waals surface area contributed by atoms with Gasteiger partial charge in [-0.2, -0.15) is 0 Å². The molecule has 104 valence electrons. The van der Waals surface area contributed by atoms with E-state index < -0.39 is 0 Å². The number of rotatable bonds is 4. The first-order valence-corrected chi connectivity index (χ1v) is 7.07. The van der Waals surface area contributed by atoms with Crippen molar-refractivity contribution in [2.24, 2.45) is 0 Å². The Morgan fingerprint density at radius 1 is 0.857 bits per heavy atom. The summed E-state index contributed by atoms with van der Waals surface area (Å²) >= 11 is 6.15. The lowest BCUT2D eigenvalue weighted by atomic mass is 10.1. The van der Waals surface area contributed by atoms with E-state index in [0.717, 1.165) is 11.1 Å². The Morgan fingerprint density at radius 2 is 1.52 bits per heavy atom. The van der Waals surface area contributed by atoms with Crippen LogP contribution in [0.1, 0.15) is 5.56 Å². The Morgan fingerprint density at radius 3 is 2.24 bits per heavy atom. The van der Waals surface area contributed by atoms with Gasteiger partial charge in [-0.1, -0.05) is 72.3 Å². The Kier molecular flexibility index (Phi) is 4.12. The van der Waals surface area contributed by atoms with Gasteiger partial charge >= 0.3 is 0 Å². The molecule has 4 heteroatoms. The molecular weight excluding hydrogens is 282 g/mol. The first kappa shape index (κ1) is 13.6. The monoisotopic (exact) mass is 295 g/mol. The van der Waals surface area contributed by atoms with Crippen LogP contribution in [0.3, 0.4) is 0 Å². The summed E-state index contributed by atoms with van der Waals surface area (Å²) in [5, 5.41) is 11.8. The number of nitrogens with one attached hydrogen (secondary N) is 1. The molecule has 0 fully saturated rings. The van der Waals surface area contributed by atoms with Crippen molar-refractivity contribution in [3.63, 3.8) is 0 Å². The van der Waals surface area contributed by atoms with Crippen LogP contribution in [0.4, 0.5) is 5.82 Å². The summed E-state index contributed by atoms with van der Waals surface area (Å²) in [6.07, 6.45) is 0. The lowest BCUT2D eigenvalue weighted by Gasteiger charge is -2.08. The van der Waals surface area contributed by atoms with Gasteiger partial charge in [-0.15, -0.1) is 10.2 Å². The van der Waals surface area contributed by atoms with Gasteiger partial charge in [0.25, 0.3) is 0 Å². The van der Waals surface area contributed by atoms with Crippen molar-refractivity contribution >= 4 is 17.4 Å². The second-order valence-corrected chi connectivity index (χ2v) is 5.00. The molecule has 0 amide bonds. The van der Waals surface area contributed by atoms with Crippen molar-refractivity contribution < 1.29 is 0 Å². The lowest BCUT2D eigenvalue weighted by molar-refractivity contribution is 1.00. The standard InChI is InChI=1S/C17H14ClN3/c18-17-15(14-9-5-2-6-10-14)11-16(20-21-17)19-12-13-7-3-1-4-8-13/h1-11H,12H2,(H,19,20). The summed E-state index contributed by atoms with van der Waals surface area (Å²) in [4.78, 5) is 0. The zero-order chi connectivity index (χ0) is 14.5. The second kappa shape index (κ2) is 6.37. The molecule has 0 radical (unpaired) electrons. The highest BCUT2D eigenvalue weighted by atomic mass is 35.5. The smallest absolute Gasteiger partial charge is 0.159 e. The van der Waals surface area contributed by atoms with E-state index in [-0.39, 0.29) is 0 Å². The Balaban J connectivity index is 1.81. The van der Waals surface area contributed by atoms with E-state index >= 15 is 0 Å². The van der Waals surface area contributed by atoms with E-state index in [1.54, 1.807) is 0 Å². The second-order valence-electron chi connectivity index (χ2n) is 4.64.